The van der Waals surface area contributed by atoms with Crippen molar-refractivity contribution in [1.82, 2.24) is 0 Å². The predicted octanol–water partition coefficient (Wildman–Crippen LogP) is 25.4. The summed E-state index contributed by atoms with van der Waals surface area (Å²) >= 11 is 5.98. The van der Waals surface area contributed by atoms with Gasteiger partial charge in [-0.2, -0.15) is 0 Å². The molecule has 10 rings (SSSR count). The number of hydrogen-bond acceptors (Lipinski definition) is 13. The largest absolute Gasteiger partial charge is 0.508 e. The lowest BCUT2D eigenvalue weighted by atomic mass is 9.81. The van der Waals surface area contributed by atoms with E-state index in [0.717, 1.165) is 78.8 Å². The molecule has 0 heterocycles. The maximum absolute atomic E-state index is 11.3. The van der Waals surface area contributed by atoms with Crippen LogP contribution in [0.3, 0.4) is 0 Å². The number of ether oxygens (including phenoxy) is 7. The Labute approximate surface area is 716 Å². The zero-order valence-electron chi connectivity index (χ0n) is 72.2. The smallest absolute Gasteiger partial charge is 0.306 e. The first-order valence-electron chi connectivity index (χ1n) is 40.2. The molecule has 634 valence electrons. The molecule has 0 aliphatic rings. The van der Waals surface area contributed by atoms with Gasteiger partial charge in [-0.25, -0.2) is 0 Å². The number of carboxylic acid groups (broad SMARTS) is 2. The van der Waals surface area contributed by atoms with E-state index in [1.807, 2.05) is 97.1 Å². The van der Waals surface area contributed by atoms with E-state index in [1.165, 1.54) is 53.2 Å². The lowest BCUT2D eigenvalue weighted by Gasteiger charge is -2.24. The third-order valence-electron chi connectivity index (χ3n) is 20.1. The molecule has 0 aliphatic heterocycles. The van der Waals surface area contributed by atoms with Gasteiger partial charge in [0.2, 0.25) is 0 Å². The van der Waals surface area contributed by atoms with Crippen LogP contribution in [0, 0.1) is 0 Å². The van der Waals surface area contributed by atoms with Crippen LogP contribution >= 0.6 is 11.6 Å². The maximum Gasteiger partial charge on any atom is 0.306 e. The van der Waals surface area contributed by atoms with Crippen molar-refractivity contribution in [2.24, 2.45) is 0 Å². The van der Waals surface area contributed by atoms with Crippen molar-refractivity contribution < 1.29 is 72.8 Å². The highest BCUT2D eigenvalue weighted by molar-refractivity contribution is 6.17. The molecule has 4 N–H and O–H groups in total. The lowest BCUT2D eigenvalue weighted by Crippen LogP contribution is -2.14. The monoisotopic (exact) mass is 1640 g/mol. The van der Waals surface area contributed by atoms with Crippen molar-refractivity contribution >= 4 is 35.5 Å². The van der Waals surface area contributed by atoms with E-state index in [2.05, 4.69) is 189 Å². The summed E-state index contributed by atoms with van der Waals surface area (Å²) in [5.74, 6) is 2.61. The average Bonchev–Trinajstić information content (AvgIpc) is 0.800. The molecule has 16 heteroatoms. The molecular formula is C104H121ClO15. The Balaban J connectivity index is 0.000000242. The van der Waals surface area contributed by atoms with E-state index in [1.54, 1.807) is 82.0 Å². The van der Waals surface area contributed by atoms with Gasteiger partial charge in [-0.15, -0.1) is 37.9 Å². The summed E-state index contributed by atoms with van der Waals surface area (Å²) in [7, 11) is 7.80. The van der Waals surface area contributed by atoms with E-state index < -0.39 is 11.9 Å². The molecule has 15 nitrogen and oxygen atoms in total. The Kier molecular flexibility index (Phi) is 38.8. The fraction of sp³-hybridized carbons (Fsp3) is 0.308. The van der Waals surface area contributed by atoms with Crippen molar-refractivity contribution in [2.75, 3.05) is 35.5 Å². The molecule has 0 fully saturated rings. The first-order chi connectivity index (χ1) is 57.2. The maximum atomic E-state index is 11.3. The number of allylic oxidation sites excluding steroid dienone is 4. The second kappa shape index (κ2) is 48.1. The van der Waals surface area contributed by atoms with Gasteiger partial charge in [-0.05, 0) is 240 Å². The average molecular weight is 1650 g/mol. The molecule has 0 unspecified atom stereocenters. The Morgan fingerprint density at radius 2 is 0.625 bits per heavy atom. The molecule has 0 bridgehead atoms. The number of methoxy groups -OCH3 is 5. The molecule has 0 aliphatic carbocycles. The summed E-state index contributed by atoms with van der Waals surface area (Å²) in [6.07, 6.45) is 10.3. The SMILES string of the molecule is C=CC[C@@H](CC(=O)O)c1cccc(OCc2ccc(-c3cccc(OC)c3)c(C(C)(C)C)c2)c1.C=CC[C@@H](CC(=O)OC)c1cccc(O)c1.C=CC[C@H](CC(=O)O)c1cccc(OCc2ccc(-c3cccc(OC)c3)c(C(C)(C)C)c2)c1.C=CC[C@H](CC(=O)OC)c1cccc(O)c1.COc1cccc(-c2ccc(CCl)cc2C(C)(C)C)c1. The van der Waals surface area contributed by atoms with Crippen molar-refractivity contribution in [3.63, 3.8) is 0 Å². The van der Waals surface area contributed by atoms with Crippen LogP contribution in [0.2, 0.25) is 0 Å². The number of phenols is 2. The first-order valence-corrected chi connectivity index (χ1v) is 40.7. The molecule has 10 aromatic rings. The van der Waals surface area contributed by atoms with Crippen molar-refractivity contribution in [1.29, 1.82) is 0 Å². The zero-order chi connectivity index (χ0) is 88.1. The molecule has 0 saturated carbocycles. The normalized spacial score (nSPS) is 11.9. The summed E-state index contributed by atoms with van der Waals surface area (Å²) in [4.78, 5) is 45.0. The minimum atomic E-state index is -0.816. The number of aliphatic carboxylic acids is 2. The Morgan fingerprint density at radius 1 is 0.350 bits per heavy atom. The number of hydrogen-bond donors (Lipinski definition) is 4. The standard InChI is InChI=1S/2C30H34O4.C18H21ClO.2C13H16O3/c2*1-6-9-22(19-29(31)32)23-10-7-13-26(17-23)34-20-21-14-15-27(28(16-21)30(2,3)4)24-11-8-12-25(18-24)33-5;1-18(2,3)17-10-13(12-19)8-9-16(17)14-6-5-7-15(11-14)20-4;2*1-3-5-10(9-13(15)16-2)11-6-4-7-12(14)8-11/h2*6-8,10-18,22H,1,9,19-20H2,2-5H3,(H,31,32);5-11H,12H2,1-4H3;2*3-4,6-8,10,14H,1,5,9H2,2H3/t2*22-;;2*10-/m10.10/s1. The molecule has 0 aromatic heterocycles. The minimum Gasteiger partial charge on any atom is -0.508 e. The fourth-order valence-electron chi connectivity index (χ4n) is 13.8. The Bertz CT molecular complexity index is 4740. The van der Waals surface area contributed by atoms with Crippen LogP contribution in [-0.2, 0) is 64.0 Å². The number of carboxylic acids is 2. The van der Waals surface area contributed by atoms with E-state index in [4.69, 9.17) is 35.3 Å². The number of halogens is 1. The highest BCUT2D eigenvalue weighted by Gasteiger charge is 2.25. The number of rotatable bonds is 33. The first kappa shape index (κ1) is 96.8. The van der Waals surface area contributed by atoms with Crippen LogP contribution in [0.25, 0.3) is 33.4 Å². The second-order valence-electron chi connectivity index (χ2n) is 32.3. The van der Waals surface area contributed by atoms with Crippen LogP contribution in [0.15, 0.2) is 275 Å². The number of carbonyl (C=O) groups excluding carboxylic acids is 2. The van der Waals surface area contributed by atoms with Crippen LogP contribution in [0.4, 0.5) is 0 Å². The van der Waals surface area contributed by atoms with Gasteiger partial charge in [-0.1, -0.05) is 226 Å². The predicted molar refractivity (Wildman–Crippen MR) is 487 cm³/mol. The van der Waals surface area contributed by atoms with E-state index in [0.29, 0.717) is 57.6 Å². The summed E-state index contributed by atoms with van der Waals surface area (Å²) in [5.41, 5.74) is 17.8. The molecule has 0 radical (unpaired) electrons. The van der Waals surface area contributed by atoms with E-state index >= 15 is 0 Å². The van der Waals surface area contributed by atoms with E-state index in [9.17, 15) is 39.6 Å². The molecule has 120 heavy (non-hydrogen) atoms. The van der Waals surface area contributed by atoms with Gasteiger partial charge in [0, 0.05) is 5.88 Å². The van der Waals surface area contributed by atoms with Gasteiger partial charge in [-0.3, -0.25) is 19.2 Å². The molecule has 0 saturated heterocycles. The van der Waals surface area contributed by atoms with Gasteiger partial charge in [0.15, 0.2) is 0 Å². The van der Waals surface area contributed by atoms with Crippen LogP contribution < -0.4 is 23.7 Å². The highest BCUT2D eigenvalue weighted by atomic mass is 35.5. The lowest BCUT2D eigenvalue weighted by molar-refractivity contribution is -0.142. The molecule has 4 atom stereocenters. The minimum absolute atomic E-state index is 0.0112. The van der Waals surface area contributed by atoms with Gasteiger partial charge in [0.05, 0.1) is 61.2 Å². The summed E-state index contributed by atoms with van der Waals surface area (Å²) in [6, 6.07) is 73.0. The summed E-state index contributed by atoms with van der Waals surface area (Å²) in [5, 5.41) is 37.3. The van der Waals surface area contributed by atoms with Crippen molar-refractivity contribution in [3.8, 4) is 73.6 Å². The second-order valence-corrected chi connectivity index (χ2v) is 32.5. The third-order valence-corrected chi connectivity index (χ3v) is 20.4. The number of alkyl halides is 1. The van der Waals surface area contributed by atoms with Crippen LogP contribution in [0.1, 0.15) is 193 Å². The van der Waals surface area contributed by atoms with Gasteiger partial charge >= 0.3 is 23.9 Å². The zero-order valence-corrected chi connectivity index (χ0v) is 73.0. The molecule has 0 amide bonds. The topological polar surface area (TPSA) is 214 Å². The number of aromatic hydroxyl groups is 2. The molecular weight excluding hydrogens is 1520 g/mol. The molecule has 10 aromatic carbocycles. The number of benzene rings is 10. The van der Waals surface area contributed by atoms with Crippen LogP contribution in [0.5, 0.6) is 40.2 Å². The number of carbonyl (C=O) groups is 4. The Morgan fingerprint density at radius 3 is 0.900 bits per heavy atom. The number of phenolic OH excluding ortho intramolecular Hbond substituents is 2. The quantitative estimate of drug-likeness (QED) is 0.0171. The Hall–Kier alpha value is -12.1. The van der Waals surface area contributed by atoms with Gasteiger partial charge < -0.3 is 53.6 Å². The third kappa shape index (κ3) is 31.3. The van der Waals surface area contributed by atoms with Gasteiger partial charge in [0.1, 0.15) is 53.5 Å². The van der Waals surface area contributed by atoms with Crippen molar-refractivity contribution in [2.45, 2.75) is 173 Å². The van der Waals surface area contributed by atoms with E-state index in [-0.39, 0.29) is 76.2 Å². The molecule has 0 spiro atoms. The fourth-order valence-corrected chi connectivity index (χ4v) is 13.9. The summed E-state index contributed by atoms with van der Waals surface area (Å²) < 4.78 is 37.7. The number of esters is 2. The van der Waals surface area contributed by atoms with Gasteiger partial charge in [0.25, 0.3) is 0 Å². The van der Waals surface area contributed by atoms with Crippen molar-refractivity contribution in [3.05, 3.63) is 331 Å². The summed E-state index contributed by atoms with van der Waals surface area (Å²) in [6.45, 7) is 35.7. The van der Waals surface area contributed by atoms with Crippen LogP contribution in [-0.4, -0.2) is 79.9 Å². The highest BCUT2D eigenvalue weighted by Crippen LogP contribution is 2.40.